The van der Waals surface area contributed by atoms with Crippen molar-refractivity contribution >= 4 is 28.8 Å². The molecule has 0 fully saturated rings. The van der Waals surface area contributed by atoms with Gasteiger partial charge in [0.2, 0.25) is 0 Å². The van der Waals surface area contributed by atoms with Gasteiger partial charge in [-0.25, -0.2) is 4.68 Å². The molecule has 4 aromatic rings. The maximum atomic E-state index is 12.7. The first-order valence-corrected chi connectivity index (χ1v) is 11.1. The van der Waals surface area contributed by atoms with Crippen LogP contribution >= 0.6 is 22.9 Å². The number of rotatable bonds is 7. The summed E-state index contributed by atoms with van der Waals surface area (Å²) in [6, 6.07) is 19.1. The van der Waals surface area contributed by atoms with E-state index in [9.17, 15) is 4.79 Å². The second kappa shape index (κ2) is 9.37. The Morgan fingerprint density at radius 1 is 1.13 bits per heavy atom. The summed E-state index contributed by atoms with van der Waals surface area (Å²) in [5.74, 6) is 0.636. The van der Waals surface area contributed by atoms with E-state index in [1.807, 2.05) is 72.4 Å². The Morgan fingerprint density at radius 3 is 2.61 bits per heavy atom. The molecule has 4 rings (SSSR count). The molecule has 0 spiro atoms. The van der Waals surface area contributed by atoms with Gasteiger partial charge in [0.05, 0.1) is 16.3 Å². The number of halogens is 1. The van der Waals surface area contributed by atoms with Crippen LogP contribution in [0.4, 0.5) is 0 Å². The van der Waals surface area contributed by atoms with E-state index >= 15 is 0 Å². The summed E-state index contributed by atoms with van der Waals surface area (Å²) in [5.41, 5.74) is 4.91. The van der Waals surface area contributed by atoms with Crippen LogP contribution in [-0.2, 0) is 13.2 Å². The SMILES string of the molecule is Cc1nn(-c2ccccc2)c(C)c1CNC(=O)c1cc(COc2ccc(Cl)cc2)cs1. The number of carbonyl (C=O) groups excluding carboxylic acids is 1. The van der Waals surface area contributed by atoms with Gasteiger partial charge in [-0.3, -0.25) is 4.79 Å². The fourth-order valence-corrected chi connectivity index (χ4v) is 4.21. The summed E-state index contributed by atoms with van der Waals surface area (Å²) in [6.07, 6.45) is 0. The van der Waals surface area contributed by atoms with Gasteiger partial charge in [-0.05, 0) is 61.7 Å². The zero-order valence-corrected chi connectivity index (χ0v) is 18.8. The minimum Gasteiger partial charge on any atom is -0.489 e. The smallest absolute Gasteiger partial charge is 0.261 e. The Balaban J connectivity index is 1.37. The van der Waals surface area contributed by atoms with Gasteiger partial charge in [-0.1, -0.05) is 29.8 Å². The van der Waals surface area contributed by atoms with E-state index in [1.54, 1.807) is 12.1 Å². The molecule has 2 aromatic heterocycles. The van der Waals surface area contributed by atoms with Crippen molar-refractivity contribution in [1.82, 2.24) is 15.1 Å². The first-order chi connectivity index (χ1) is 15.0. The van der Waals surface area contributed by atoms with Gasteiger partial charge in [0.15, 0.2) is 0 Å². The molecule has 2 aromatic carbocycles. The van der Waals surface area contributed by atoms with E-state index in [1.165, 1.54) is 11.3 Å². The number of nitrogens with zero attached hydrogens (tertiary/aromatic N) is 2. The first kappa shape index (κ1) is 21.2. The van der Waals surface area contributed by atoms with Crippen LogP contribution in [0.1, 0.15) is 32.2 Å². The van der Waals surface area contributed by atoms with Gasteiger partial charge in [0, 0.05) is 28.4 Å². The van der Waals surface area contributed by atoms with Gasteiger partial charge in [-0.15, -0.1) is 11.3 Å². The van der Waals surface area contributed by atoms with E-state index in [0.29, 0.717) is 23.1 Å². The van der Waals surface area contributed by atoms with Gasteiger partial charge in [0.25, 0.3) is 5.91 Å². The summed E-state index contributed by atoms with van der Waals surface area (Å²) in [6.45, 7) is 4.81. The number of ether oxygens (including phenoxy) is 1. The predicted molar refractivity (Wildman–Crippen MR) is 124 cm³/mol. The quantitative estimate of drug-likeness (QED) is 0.391. The van der Waals surface area contributed by atoms with E-state index in [0.717, 1.165) is 34.0 Å². The zero-order valence-electron chi connectivity index (χ0n) is 17.3. The van der Waals surface area contributed by atoms with Crippen molar-refractivity contribution in [2.45, 2.75) is 27.0 Å². The van der Waals surface area contributed by atoms with Crippen LogP contribution in [0.2, 0.25) is 5.02 Å². The van der Waals surface area contributed by atoms with Crippen molar-refractivity contribution < 1.29 is 9.53 Å². The van der Waals surface area contributed by atoms with E-state index in [2.05, 4.69) is 10.4 Å². The highest BCUT2D eigenvalue weighted by Gasteiger charge is 2.15. The number of thiophene rings is 1. The standard InChI is InChI=1S/C24H22ClN3O2S/c1-16-22(17(2)28(27-16)20-6-4-3-5-7-20)13-26-24(29)23-12-18(15-31-23)14-30-21-10-8-19(25)9-11-21/h3-12,15H,13-14H2,1-2H3,(H,26,29). The molecule has 0 radical (unpaired) electrons. The van der Waals surface area contributed by atoms with Crippen molar-refractivity contribution in [3.05, 3.63) is 98.5 Å². The van der Waals surface area contributed by atoms with Crippen molar-refractivity contribution in [2.75, 3.05) is 0 Å². The summed E-state index contributed by atoms with van der Waals surface area (Å²) >= 11 is 7.30. The normalized spacial score (nSPS) is 10.8. The number of hydrogen-bond donors (Lipinski definition) is 1. The van der Waals surface area contributed by atoms with Crippen LogP contribution in [0.3, 0.4) is 0 Å². The lowest BCUT2D eigenvalue weighted by Gasteiger charge is -2.06. The number of aromatic nitrogens is 2. The maximum absolute atomic E-state index is 12.7. The van der Waals surface area contributed by atoms with Gasteiger partial charge < -0.3 is 10.1 Å². The average Bonchev–Trinajstić information content (AvgIpc) is 3.37. The third-order valence-corrected chi connectivity index (χ3v) is 6.19. The largest absolute Gasteiger partial charge is 0.489 e. The molecule has 5 nitrogen and oxygen atoms in total. The van der Waals surface area contributed by atoms with Gasteiger partial charge in [-0.2, -0.15) is 5.10 Å². The maximum Gasteiger partial charge on any atom is 0.261 e. The molecule has 0 aliphatic carbocycles. The number of aryl methyl sites for hydroxylation is 1. The molecule has 2 heterocycles. The molecule has 31 heavy (non-hydrogen) atoms. The highest BCUT2D eigenvalue weighted by Crippen LogP contribution is 2.21. The highest BCUT2D eigenvalue weighted by molar-refractivity contribution is 7.12. The number of para-hydroxylation sites is 1. The lowest BCUT2D eigenvalue weighted by atomic mass is 10.2. The molecule has 1 amide bonds. The molecular formula is C24H22ClN3O2S. The third kappa shape index (κ3) is 4.98. The van der Waals surface area contributed by atoms with E-state index in [-0.39, 0.29) is 5.91 Å². The Labute approximate surface area is 190 Å². The highest BCUT2D eigenvalue weighted by atomic mass is 35.5. The molecule has 0 saturated carbocycles. The fraction of sp³-hybridized carbons (Fsp3) is 0.167. The second-order valence-corrected chi connectivity index (χ2v) is 8.49. The Kier molecular flexibility index (Phi) is 6.39. The molecular weight excluding hydrogens is 430 g/mol. The topological polar surface area (TPSA) is 56.2 Å². The summed E-state index contributed by atoms with van der Waals surface area (Å²) < 4.78 is 7.66. The predicted octanol–water partition coefficient (Wildman–Crippen LogP) is 5.71. The minimum atomic E-state index is -0.103. The molecule has 0 aliphatic heterocycles. The van der Waals surface area contributed by atoms with Crippen LogP contribution < -0.4 is 10.1 Å². The van der Waals surface area contributed by atoms with Crippen LogP contribution in [0.25, 0.3) is 5.69 Å². The number of amides is 1. The summed E-state index contributed by atoms with van der Waals surface area (Å²) in [5, 5.41) is 10.3. The van der Waals surface area contributed by atoms with Crippen LogP contribution in [0.15, 0.2) is 66.0 Å². The van der Waals surface area contributed by atoms with Gasteiger partial charge in [0.1, 0.15) is 12.4 Å². The first-order valence-electron chi connectivity index (χ1n) is 9.86. The Bertz CT molecular complexity index is 1180. The van der Waals surface area contributed by atoms with Crippen LogP contribution in [0.5, 0.6) is 5.75 Å². The lowest BCUT2D eigenvalue weighted by Crippen LogP contribution is -2.22. The van der Waals surface area contributed by atoms with E-state index in [4.69, 9.17) is 16.3 Å². The molecule has 0 unspecified atom stereocenters. The average molecular weight is 452 g/mol. The van der Waals surface area contributed by atoms with Crippen molar-refractivity contribution in [3.63, 3.8) is 0 Å². The van der Waals surface area contributed by atoms with E-state index < -0.39 is 0 Å². The van der Waals surface area contributed by atoms with Crippen molar-refractivity contribution in [3.8, 4) is 11.4 Å². The third-order valence-electron chi connectivity index (χ3n) is 4.96. The van der Waals surface area contributed by atoms with Crippen molar-refractivity contribution in [2.24, 2.45) is 0 Å². The molecule has 0 saturated heterocycles. The van der Waals surface area contributed by atoms with Crippen LogP contribution in [-0.4, -0.2) is 15.7 Å². The fourth-order valence-electron chi connectivity index (χ4n) is 3.28. The van der Waals surface area contributed by atoms with Crippen LogP contribution in [0, 0.1) is 13.8 Å². The number of benzene rings is 2. The Hall–Kier alpha value is -3.09. The summed E-state index contributed by atoms with van der Waals surface area (Å²) in [4.78, 5) is 13.3. The zero-order chi connectivity index (χ0) is 21.8. The molecule has 0 atom stereocenters. The number of carbonyl (C=O) groups is 1. The lowest BCUT2D eigenvalue weighted by molar-refractivity contribution is 0.0955. The molecule has 0 bridgehead atoms. The molecule has 0 aliphatic rings. The second-order valence-electron chi connectivity index (χ2n) is 7.14. The minimum absolute atomic E-state index is 0.103. The summed E-state index contributed by atoms with van der Waals surface area (Å²) in [7, 11) is 0. The molecule has 158 valence electrons. The Morgan fingerprint density at radius 2 is 1.87 bits per heavy atom. The number of nitrogens with one attached hydrogen (secondary N) is 1. The monoisotopic (exact) mass is 451 g/mol. The molecule has 1 N–H and O–H groups in total. The molecule has 7 heteroatoms. The number of hydrogen-bond acceptors (Lipinski definition) is 4. The van der Waals surface area contributed by atoms with Gasteiger partial charge >= 0.3 is 0 Å². The van der Waals surface area contributed by atoms with Crippen molar-refractivity contribution in [1.29, 1.82) is 0 Å².